The van der Waals surface area contributed by atoms with E-state index in [0.29, 0.717) is 11.4 Å². The van der Waals surface area contributed by atoms with E-state index < -0.39 is 0 Å². The monoisotopic (exact) mass is 303 g/mol. The molecule has 0 heterocycles. The third-order valence-corrected chi connectivity index (χ3v) is 3.74. The number of rotatable bonds is 4. The predicted octanol–water partition coefficient (Wildman–Crippen LogP) is 3.17. The van der Waals surface area contributed by atoms with Crippen molar-refractivity contribution in [1.82, 2.24) is 5.32 Å². The molecule has 0 saturated heterocycles. The van der Waals surface area contributed by atoms with Crippen molar-refractivity contribution in [3.8, 4) is 0 Å². The van der Waals surface area contributed by atoms with Crippen LogP contribution in [0.25, 0.3) is 0 Å². The highest BCUT2D eigenvalue weighted by atomic mass is 79.9. The third kappa shape index (κ3) is 4.54. The van der Waals surface area contributed by atoms with Crippen LogP contribution in [0.3, 0.4) is 0 Å². The van der Waals surface area contributed by atoms with Gasteiger partial charge >= 0.3 is 0 Å². The number of halogens is 2. The van der Waals surface area contributed by atoms with Gasteiger partial charge < -0.3 is 5.32 Å². The lowest BCUT2D eigenvalue weighted by Gasteiger charge is -2.23. The van der Waals surface area contributed by atoms with Crippen molar-refractivity contribution in [2.45, 2.75) is 25.8 Å². The van der Waals surface area contributed by atoms with Gasteiger partial charge in [-0.1, -0.05) is 39.7 Å². The minimum Gasteiger partial charge on any atom is -0.350 e. The number of hydrogen-bond acceptors (Lipinski definition) is 1. The Morgan fingerprint density at radius 2 is 1.94 bits per heavy atom. The lowest BCUT2D eigenvalue weighted by molar-refractivity contribution is -0.121. The van der Waals surface area contributed by atoms with E-state index in [1.807, 2.05) is 26.0 Å². The van der Waals surface area contributed by atoms with Crippen LogP contribution in [-0.4, -0.2) is 16.8 Å². The highest BCUT2D eigenvalue weighted by Crippen LogP contribution is 2.11. The number of amides is 1. The number of hydrogen-bond donors (Lipinski definition) is 1. The van der Waals surface area contributed by atoms with Gasteiger partial charge in [0.25, 0.3) is 0 Å². The average molecular weight is 305 g/mol. The van der Waals surface area contributed by atoms with Crippen LogP contribution in [0.1, 0.15) is 19.4 Å². The molecule has 0 aromatic heterocycles. The van der Waals surface area contributed by atoms with Gasteiger partial charge in [-0.05, 0) is 31.5 Å². The van der Waals surface area contributed by atoms with E-state index in [2.05, 4.69) is 21.2 Å². The van der Waals surface area contributed by atoms with E-state index in [1.54, 1.807) is 12.1 Å². The summed E-state index contributed by atoms with van der Waals surface area (Å²) in [7, 11) is 0. The number of carbonyl (C=O) groups excluding carboxylic acids is 1. The van der Waals surface area contributed by atoms with Crippen molar-refractivity contribution in [2.24, 2.45) is 0 Å². The first-order chi connectivity index (χ1) is 7.43. The second-order valence-electron chi connectivity index (χ2n) is 4.37. The molecule has 0 saturated carbocycles. The molecule has 2 nitrogen and oxygen atoms in total. The quantitative estimate of drug-likeness (QED) is 0.851. The molecule has 0 bridgehead atoms. The largest absolute Gasteiger partial charge is 0.350 e. The van der Waals surface area contributed by atoms with Crippen molar-refractivity contribution in [3.63, 3.8) is 0 Å². The standard InChI is InChI=1S/C12H15BrClNO/c1-12(2,8-13)15-11(16)7-9-3-5-10(14)6-4-9/h3-6H,7-8H2,1-2H3,(H,15,16). The maximum Gasteiger partial charge on any atom is 0.224 e. The molecule has 0 unspecified atom stereocenters. The van der Waals surface area contributed by atoms with Gasteiger partial charge in [0.1, 0.15) is 0 Å². The van der Waals surface area contributed by atoms with Gasteiger partial charge in [-0.2, -0.15) is 0 Å². The van der Waals surface area contributed by atoms with Crippen LogP contribution in [0, 0.1) is 0 Å². The molecule has 0 spiro atoms. The van der Waals surface area contributed by atoms with Crippen LogP contribution in [0.15, 0.2) is 24.3 Å². The molecule has 0 radical (unpaired) electrons. The van der Waals surface area contributed by atoms with Gasteiger partial charge in [-0.15, -0.1) is 0 Å². The zero-order valence-electron chi connectivity index (χ0n) is 9.39. The van der Waals surface area contributed by atoms with Crippen LogP contribution in [-0.2, 0) is 11.2 Å². The Labute approximate surface area is 110 Å². The van der Waals surface area contributed by atoms with Crippen LogP contribution >= 0.6 is 27.5 Å². The summed E-state index contributed by atoms with van der Waals surface area (Å²) in [6, 6.07) is 7.31. The number of carbonyl (C=O) groups is 1. The molecule has 0 aliphatic heterocycles. The van der Waals surface area contributed by atoms with Crippen molar-refractivity contribution < 1.29 is 4.79 Å². The third-order valence-electron chi connectivity index (χ3n) is 2.09. The van der Waals surface area contributed by atoms with Gasteiger partial charge in [0, 0.05) is 15.9 Å². The maximum atomic E-state index is 11.7. The Morgan fingerprint density at radius 1 is 1.38 bits per heavy atom. The first-order valence-corrected chi connectivity index (χ1v) is 6.54. The Hall–Kier alpha value is -0.540. The summed E-state index contributed by atoms with van der Waals surface area (Å²) >= 11 is 9.13. The smallest absolute Gasteiger partial charge is 0.224 e. The second kappa shape index (κ2) is 5.69. The Bertz CT molecular complexity index is 362. The van der Waals surface area contributed by atoms with Crippen LogP contribution < -0.4 is 5.32 Å². The molecule has 88 valence electrons. The zero-order valence-corrected chi connectivity index (χ0v) is 11.7. The summed E-state index contributed by atoms with van der Waals surface area (Å²) in [5.74, 6) is 0.0202. The highest BCUT2D eigenvalue weighted by Gasteiger charge is 2.18. The van der Waals surface area contributed by atoms with E-state index in [9.17, 15) is 4.79 Å². The summed E-state index contributed by atoms with van der Waals surface area (Å²) < 4.78 is 0. The van der Waals surface area contributed by atoms with Crippen LogP contribution in [0.2, 0.25) is 5.02 Å². The fraction of sp³-hybridized carbons (Fsp3) is 0.417. The molecule has 1 amide bonds. The summed E-state index contributed by atoms with van der Waals surface area (Å²) in [5.41, 5.74) is 0.746. The van der Waals surface area contributed by atoms with Gasteiger partial charge in [0.15, 0.2) is 0 Å². The van der Waals surface area contributed by atoms with Crippen molar-refractivity contribution in [2.75, 3.05) is 5.33 Å². The molecule has 0 fully saturated rings. The molecule has 0 atom stereocenters. The predicted molar refractivity (Wildman–Crippen MR) is 71.2 cm³/mol. The lowest BCUT2D eigenvalue weighted by Crippen LogP contribution is -2.45. The minimum absolute atomic E-state index is 0.0202. The normalized spacial score (nSPS) is 11.2. The van der Waals surface area contributed by atoms with E-state index >= 15 is 0 Å². The zero-order chi connectivity index (χ0) is 12.2. The fourth-order valence-electron chi connectivity index (χ4n) is 1.24. The van der Waals surface area contributed by atoms with Gasteiger partial charge in [0.05, 0.1) is 6.42 Å². The van der Waals surface area contributed by atoms with E-state index in [4.69, 9.17) is 11.6 Å². The van der Waals surface area contributed by atoms with Crippen molar-refractivity contribution in [1.29, 1.82) is 0 Å². The van der Waals surface area contributed by atoms with E-state index in [-0.39, 0.29) is 11.4 Å². The highest BCUT2D eigenvalue weighted by molar-refractivity contribution is 9.09. The maximum absolute atomic E-state index is 11.7. The number of benzene rings is 1. The molecule has 16 heavy (non-hydrogen) atoms. The van der Waals surface area contributed by atoms with Gasteiger partial charge in [-0.3, -0.25) is 4.79 Å². The molecule has 4 heteroatoms. The average Bonchev–Trinajstić information content (AvgIpc) is 2.21. The summed E-state index contributed by atoms with van der Waals surface area (Å²) in [6.07, 6.45) is 0.383. The van der Waals surface area contributed by atoms with Crippen LogP contribution in [0.4, 0.5) is 0 Å². The fourth-order valence-corrected chi connectivity index (χ4v) is 1.51. The SMILES string of the molecule is CC(C)(CBr)NC(=O)Cc1ccc(Cl)cc1. The Kier molecular flexibility index (Phi) is 4.81. The summed E-state index contributed by atoms with van der Waals surface area (Å²) in [5, 5.41) is 4.36. The lowest BCUT2D eigenvalue weighted by atomic mass is 10.1. The molecule has 1 aromatic carbocycles. The van der Waals surface area contributed by atoms with Crippen LogP contribution in [0.5, 0.6) is 0 Å². The minimum atomic E-state index is -0.219. The van der Waals surface area contributed by atoms with Gasteiger partial charge in [-0.25, -0.2) is 0 Å². The summed E-state index contributed by atoms with van der Waals surface area (Å²) in [6.45, 7) is 3.95. The Balaban J connectivity index is 2.55. The summed E-state index contributed by atoms with van der Waals surface area (Å²) in [4.78, 5) is 11.7. The Morgan fingerprint density at radius 3 is 2.44 bits per heavy atom. The molecule has 1 N–H and O–H groups in total. The van der Waals surface area contributed by atoms with E-state index in [1.165, 1.54) is 0 Å². The molecule has 0 aliphatic rings. The van der Waals surface area contributed by atoms with E-state index in [0.717, 1.165) is 10.9 Å². The first kappa shape index (κ1) is 13.5. The molecular weight excluding hydrogens is 289 g/mol. The van der Waals surface area contributed by atoms with Crippen molar-refractivity contribution in [3.05, 3.63) is 34.9 Å². The topological polar surface area (TPSA) is 29.1 Å². The number of nitrogens with one attached hydrogen (secondary N) is 1. The second-order valence-corrected chi connectivity index (χ2v) is 5.37. The first-order valence-electron chi connectivity index (χ1n) is 5.04. The molecule has 1 aromatic rings. The molecular formula is C12H15BrClNO. The molecule has 0 aliphatic carbocycles. The molecule has 1 rings (SSSR count). The van der Waals surface area contributed by atoms with Crippen molar-refractivity contribution >= 4 is 33.4 Å². The van der Waals surface area contributed by atoms with Gasteiger partial charge in [0.2, 0.25) is 5.91 Å². The number of alkyl halides is 1.